The van der Waals surface area contributed by atoms with Crippen LogP contribution in [0, 0.1) is 6.92 Å². The molecule has 27 heavy (non-hydrogen) atoms. The number of nitrogens with zero attached hydrogens (tertiary/aromatic N) is 2. The molecule has 0 spiro atoms. The van der Waals surface area contributed by atoms with E-state index in [2.05, 4.69) is 16.4 Å². The van der Waals surface area contributed by atoms with E-state index in [4.69, 9.17) is 0 Å². The maximum Gasteiger partial charge on any atom is 0.272 e. The molecule has 2 aromatic carbocycles. The van der Waals surface area contributed by atoms with E-state index in [0.29, 0.717) is 23.3 Å². The minimum atomic E-state index is -0.149. The van der Waals surface area contributed by atoms with Crippen molar-refractivity contribution < 1.29 is 4.79 Å². The molecular formula is C22H23N3O2. The van der Waals surface area contributed by atoms with Gasteiger partial charge in [0.05, 0.1) is 11.0 Å². The lowest BCUT2D eigenvalue weighted by Gasteiger charge is -2.19. The molecule has 0 saturated carbocycles. The summed E-state index contributed by atoms with van der Waals surface area (Å²) in [6, 6.07) is 11.5. The average Bonchev–Trinajstić information content (AvgIpc) is 2.69. The zero-order chi connectivity index (χ0) is 19.0. The summed E-state index contributed by atoms with van der Waals surface area (Å²) < 4.78 is 1.69. The van der Waals surface area contributed by atoms with E-state index in [9.17, 15) is 9.59 Å². The molecule has 0 bridgehead atoms. The van der Waals surface area contributed by atoms with Gasteiger partial charge in [0.2, 0.25) is 0 Å². The van der Waals surface area contributed by atoms with Gasteiger partial charge in [0, 0.05) is 17.8 Å². The average molecular weight is 361 g/mol. The number of anilines is 1. The van der Waals surface area contributed by atoms with Crippen molar-refractivity contribution in [2.45, 2.75) is 46.1 Å². The second kappa shape index (κ2) is 6.99. The molecule has 1 aliphatic carbocycles. The van der Waals surface area contributed by atoms with Crippen molar-refractivity contribution in [1.82, 2.24) is 9.55 Å². The van der Waals surface area contributed by atoms with Crippen molar-refractivity contribution in [3.63, 3.8) is 0 Å². The first-order chi connectivity index (χ1) is 13.1. The van der Waals surface area contributed by atoms with Gasteiger partial charge in [0.1, 0.15) is 5.69 Å². The van der Waals surface area contributed by atoms with Crippen LogP contribution in [-0.2, 0) is 19.4 Å². The van der Waals surface area contributed by atoms with Crippen molar-refractivity contribution >= 4 is 22.6 Å². The number of fused-ring (bicyclic) bond motifs is 2. The Morgan fingerprint density at radius 3 is 2.81 bits per heavy atom. The second-order valence-corrected chi connectivity index (χ2v) is 7.05. The van der Waals surface area contributed by atoms with Crippen LogP contribution in [0.25, 0.3) is 11.0 Å². The van der Waals surface area contributed by atoms with Crippen LogP contribution in [0.4, 0.5) is 5.69 Å². The van der Waals surface area contributed by atoms with Crippen molar-refractivity contribution in [3.05, 3.63) is 69.1 Å². The smallest absolute Gasteiger partial charge is 0.272 e. The summed E-state index contributed by atoms with van der Waals surface area (Å²) in [7, 11) is 0. The van der Waals surface area contributed by atoms with Crippen molar-refractivity contribution in [2.75, 3.05) is 5.32 Å². The van der Waals surface area contributed by atoms with Crippen LogP contribution in [0.2, 0.25) is 0 Å². The van der Waals surface area contributed by atoms with E-state index in [0.717, 1.165) is 30.5 Å². The van der Waals surface area contributed by atoms with Crippen molar-refractivity contribution in [3.8, 4) is 0 Å². The molecule has 0 fully saturated rings. The Labute approximate surface area is 158 Å². The first-order valence-electron chi connectivity index (χ1n) is 9.52. The standard InChI is InChI=1S/C22H23N3O2/c1-3-25-20-12-11-16(13-19(20)23-14(2)22(25)27)21(26)24-18-10-6-8-15-7-4-5-9-17(15)18/h6,8,10-13H,3-5,7,9H2,1-2H3,(H,24,26). The lowest BCUT2D eigenvalue weighted by molar-refractivity contribution is 0.102. The number of benzene rings is 2. The topological polar surface area (TPSA) is 64.0 Å². The summed E-state index contributed by atoms with van der Waals surface area (Å²) in [6.45, 7) is 4.21. The third kappa shape index (κ3) is 3.14. The maximum atomic E-state index is 12.8. The molecule has 5 heteroatoms. The zero-order valence-electron chi connectivity index (χ0n) is 15.7. The van der Waals surface area contributed by atoms with Crippen LogP contribution >= 0.6 is 0 Å². The van der Waals surface area contributed by atoms with Gasteiger partial charge in [-0.1, -0.05) is 12.1 Å². The number of nitrogens with one attached hydrogen (secondary N) is 1. The summed E-state index contributed by atoms with van der Waals surface area (Å²) in [5, 5.41) is 3.07. The number of aryl methyl sites for hydroxylation is 3. The highest BCUT2D eigenvalue weighted by Gasteiger charge is 2.16. The molecule has 0 unspecified atom stereocenters. The first-order valence-corrected chi connectivity index (χ1v) is 9.52. The Bertz CT molecular complexity index is 1100. The summed E-state index contributed by atoms with van der Waals surface area (Å²) in [5.74, 6) is -0.149. The number of amides is 1. The zero-order valence-corrected chi connectivity index (χ0v) is 15.7. The van der Waals surface area contributed by atoms with Gasteiger partial charge in [-0.2, -0.15) is 0 Å². The van der Waals surface area contributed by atoms with Gasteiger partial charge in [0.25, 0.3) is 11.5 Å². The second-order valence-electron chi connectivity index (χ2n) is 7.05. The largest absolute Gasteiger partial charge is 0.322 e. The summed E-state index contributed by atoms with van der Waals surface area (Å²) >= 11 is 0. The van der Waals surface area contributed by atoms with Crippen LogP contribution in [-0.4, -0.2) is 15.5 Å². The van der Waals surface area contributed by atoms with Gasteiger partial charge >= 0.3 is 0 Å². The molecule has 0 atom stereocenters. The monoisotopic (exact) mass is 361 g/mol. The van der Waals surface area contributed by atoms with Crippen LogP contribution < -0.4 is 10.9 Å². The molecule has 1 N–H and O–H groups in total. The SMILES string of the molecule is CCn1c(=O)c(C)nc2cc(C(=O)Nc3cccc4c3CCCC4)ccc21. The normalized spacial score (nSPS) is 13.4. The lowest BCUT2D eigenvalue weighted by Crippen LogP contribution is -2.23. The minimum absolute atomic E-state index is 0.0851. The molecule has 5 nitrogen and oxygen atoms in total. The molecule has 4 rings (SSSR count). The third-order valence-corrected chi connectivity index (χ3v) is 5.33. The number of hydrogen-bond acceptors (Lipinski definition) is 3. The van der Waals surface area contributed by atoms with Crippen LogP contribution in [0.15, 0.2) is 41.2 Å². The number of rotatable bonds is 3. The quantitative estimate of drug-likeness (QED) is 0.770. The van der Waals surface area contributed by atoms with E-state index >= 15 is 0 Å². The van der Waals surface area contributed by atoms with E-state index in [1.807, 2.05) is 25.1 Å². The van der Waals surface area contributed by atoms with Gasteiger partial charge in [-0.15, -0.1) is 0 Å². The van der Waals surface area contributed by atoms with E-state index < -0.39 is 0 Å². The van der Waals surface area contributed by atoms with Crippen LogP contribution in [0.3, 0.4) is 0 Å². The Morgan fingerprint density at radius 2 is 2.00 bits per heavy atom. The Balaban J connectivity index is 1.70. The van der Waals surface area contributed by atoms with E-state index in [1.54, 1.807) is 23.6 Å². The lowest BCUT2D eigenvalue weighted by atomic mass is 9.90. The van der Waals surface area contributed by atoms with E-state index in [-0.39, 0.29) is 11.5 Å². The number of carbonyl (C=O) groups is 1. The summed E-state index contributed by atoms with van der Waals surface area (Å²) in [4.78, 5) is 29.5. The molecule has 138 valence electrons. The molecule has 1 aromatic heterocycles. The number of hydrogen-bond donors (Lipinski definition) is 1. The number of carbonyl (C=O) groups excluding carboxylic acids is 1. The fraction of sp³-hybridized carbons (Fsp3) is 0.318. The van der Waals surface area contributed by atoms with Gasteiger partial charge in [0.15, 0.2) is 0 Å². The predicted octanol–water partition coefficient (Wildman–Crippen LogP) is 3.86. The first kappa shape index (κ1) is 17.5. The molecule has 0 aliphatic heterocycles. The van der Waals surface area contributed by atoms with Gasteiger partial charge in [-0.25, -0.2) is 4.98 Å². The summed E-state index contributed by atoms with van der Waals surface area (Å²) in [6.07, 6.45) is 4.45. The number of aromatic nitrogens is 2. The highest BCUT2D eigenvalue weighted by molar-refractivity contribution is 6.06. The third-order valence-electron chi connectivity index (χ3n) is 5.33. The van der Waals surface area contributed by atoms with Gasteiger partial charge in [-0.3, -0.25) is 9.59 Å². The molecule has 3 aromatic rings. The predicted molar refractivity (Wildman–Crippen MR) is 107 cm³/mol. The van der Waals surface area contributed by atoms with Crippen LogP contribution in [0.1, 0.15) is 46.9 Å². The van der Waals surface area contributed by atoms with Gasteiger partial charge in [-0.05, 0) is 74.9 Å². The van der Waals surface area contributed by atoms with Crippen molar-refractivity contribution in [1.29, 1.82) is 0 Å². The fourth-order valence-corrected chi connectivity index (χ4v) is 3.92. The molecule has 1 aliphatic rings. The Hall–Kier alpha value is -2.95. The Morgan fingerprint density at radius 1 is 1.19 bits per heavy atom. The van der Waals surface area contributed by atoms with Crippen molar-refractivity contribution in [2.24, 2.45) is 0 Å². The molecular weight excluding hydrogens is 338 g/mol. The maximum absolute atomic E-state index is 12.8. The van der Waals surface area contributed by atoms with E-state index in [1.165, 1.54) is 17.5 Å². The Kier molecular flexibility index (Phi) is 4.52. The highest BCUT2D eigenvalue weighted by Crippen LogP contribution is 2.28. The molecule has 0 radical (unpaired) electrons. The van der Waals surface area contributed by atoms with Crippen LogP contribution in [0.5, 0.6) is 0 Å². The van der Waals surface area contributed by atoms with Gasteiger partial charge < -0.3 is 9.88 Å². The highest BCUT2D eigenvalue weighted by atomic mass is 16.1. The summed E-state index contributed by atoms with van der Waals surface area (Å²) in [5.41, 5.74) is 5.81. The molecule has 1 amide bonds. The molecule has 1 heterocycles. The fourth-order valence-electron chi connectivity index (χ4n) is 3.92. The molecule has 0 saturated heterocycles. The minimum Gasteiger partial charge on any atom is -0.322 e.